The minimum atomic E-state index is -0.315. The van der Waals surface area contributed by atoms with Crippen molar-refractivity contribution in [2.75, 3.05) is 11.9 Å². The van der Waals surface area contributed by atoms with E-state index < -0.39 is 0 Å². The van der Waals surface area contributed by atoms with Gasteiger partial charge in [0, 0.05) is 30.9 Å². The number of carbonyl (C=O) groups is 1. The van der Waals surface area contributed by atoms with E-state index in [9.17, 15) is 4.79 Å². The Kier molecular flexibility index (Phi) is 3.94. The fraction of sp³-hybridized carbons (Fsp3) is 0.263. The molecule has 0 unspecified atom stereocenters. The van der Waals surface area contributed by atoms with Crippen molar-refractivity contribution in [1.82, 2.24) is 24.4 Å². The molecule has 0 atom stereocenters. The quantitative estimate of drug-likeness (QED) is 0.559. The monoisotopic (exact) mass is 396 g/mol. The molecule has 3 heterocycles. The first-order valence-corrected chi connectivity index (χ1v) is 9.35. The van der Waals surface area contributed by atoms with Crippen LogP contribution in [0, 0.1) is 5.92 Å². The molecule has 0 spiro atoms. The smallest absolute Gasteiger partial charge is 0.261 e. The van der Waals surface area contributed by atoms with Gasteiger partial charge in [0.15, 0.2) is 5.65 Å². The Hall–Kier alpha value is -3.13. The van der Waals surface area contributed by atoms with Crippen molar-refractivity contribution in [1.29, 1.82) is 0 Å². The zero-order chi connectivity index (χ0) is 19.3. The third kappa shape index (κ3) is 3.16. The molecular formula is C19H17ClN6O2. The van der Waals surface area contributed by atoms with Gasteiger partial charge in [-0.25, -0.2) is 9.50 Å². The van der Waals surface area contributed by atoms with Crippen molar-refractivity contribution in [3.05, 3.63) is 47.5 Å². The highest BCUT2D eigenvalue weighted by Crippen LogP contribution is 2.34. The van der Waals surface area contributed by atoms with Gasteiger partial charge in [0.05, 0.1) is 35.2 Å². The number of aromatic nitrogens is 5. The lowest BCUT2D eigenvalue weighted by Crippen LogP contribution is -2.13. The molecular weight excluding hydrogens is 380 g/mol. The molecule has 0 aliphatic heterocycles. The summed E-state index contributed by atoms with van der Waals surface area (Å²) in [4.78, 5) is 17.1. The number of amides is 1. The Bertz CT molecular complexity index is 1210. The molecule has 8 nitrogen and oxygen atoms in total. The number of carbonyl (C=O) groups excluding carboxylic acids is 1. The maximum Gasteiger partial charge on any atom is 0.261 e. The highest BCUT2D eigenvalue weighted by atomic mass is 35.5. The highest BCUT2D eigenvalue weighted by molar-refractivity contribution is 6.30. The van der Waals surface area contributed by atoms with Gasteiger partial charge in [-0.1, -0.05) is 11.6 Å². The molecule has 1 fully saturated rings. The Morgan fingerprint density at radius 3 is 3.00 bits per heavy atom. The molecule has 9 heteroatoms. The predicted octanol–water partition coefficient (Wildman–Crippen LogP) is 3.31. The van der Waals surface area contributed by atoms with Gasteiger partial charge in [-0.05, 0) is 24.8 Å². The van der Waals surface area contributed by atoms with Crippen LogP contribution in [-0.4, -0.2) is 36.9 Å². The fourth-order valence-electron chi connectivity index (χ4n) is 3.09. The fourth-order valence-corrected chi connectivity index (χ4v) is 3.23. The summed E-state index contributed by atoms with van der Waals surface area (Å²) in [6.45, 7) is 0.637. The van der Waals surface area contributed by atoms with Gasteiger partial charge in [0.25, 0.3) is 5.91 Å². The summed E-state index contributed by atoms with van der Waals surface area (Å²) < 4.78 is 9.20. The van der Waals surface area contributed by atoms with Crippen LogP contribution in [0.5, 0.6) is 5.75 Å². The molecule has 4 aromatic rings. The average molecular weight is 397 g/mol. The second-order valence-electron chi connectivity index (χ2n) is 7.02. The van der Waals surface area contributed by atoms with E-state index in [0.717, 1.165) is 10.9 Å². The molecule has 142 valence electrons. The molecule has 1 aromatic carbocycles. The third-order valence-electron chi connectivity index (χ3n) is 4.71. The maximum absolute atomic E-state index is 12.9. The number of fused-ring (bicyclic) bond motifs is 2. The molecule has 0 bridgehead atoms. The standard InChI is InChI=1S/C19H17ClN6O2/c1-25-8-12-4-16(17(5-15(12)24-25)28-10-11-2-3-11)23-19(27)14-7-22-26-9-13(20)6-21-18(14)26/h4-9,11H,2-3,10H2,1H3,(H,23,27). The second kappa shape index (κ2) is 6.49. The van der Waals surface area contributed by atoms with Gasteiger partial charge in [-0.15, -0.1) is 0 Å². The first kappa shape index (κ1) is 17.0. The molecule has 1 N–H and O–H groups in total. The van der Waals surface area contributed by atoms with Crippen molar-refractivity contribution in [2.45, 2.75) is 12.8 Å². The van der Waals surface area contributed by atoms with E-state index in [4.69, 9.17) is 16.3 Å². The molecule has 5 rings (SSSR count). The van der Waals surface area contributed by atoms with E-state index in [-0.39, 0.29) is 5.91 Å². The number of nitrogens with one attached hydrogen (secondary N) is 1. The Labute approximate surface area is 165 Å². The summed E-state index contributed by atoms with van der Waals surface area (Å²) in [6.07, 6.45) is 8.83. The summed E-state index contributed by atoms with van der Waals surface area (Å²) in [5.41, 5.74) is 2.21. The van der Waals surface area contributed by atoms with Gasteiger partial charge in [-0.2, -0.15) is 10.2 Å². The Morgan fingerprint density at radius 1 is 1.32 bits per heavy atom. The first-order valence-electron chi connectivity index (χ1n) is 8.97. The molecule has 3 aromatic heterocycles. The van der Waals surface area contributed by atoms with Crippen LogP contribution in [0.2, 0.25) is 5.02 Å². The zero-order valence-corrected chi connectivity index (χ0v) is 15.8. The number of hydrogen-bond acceptors (Lipinski definition) is 5. The van der Waals surface area contributed by atoms with Gasteiger partial charge in [0.1, 0.15) is 11.3 Å². The minimum Gasteiger partial charge on any atom is -0.491 e. The predicted molar refractivity (Wildman–Crippen MR) is 105 cm³/mol. The van der Waals surface area contributed by atoms with Crippen molar-refractivity contribution in [3.63, 3.8) is 0 Å². The minimum absolute atomic E-state index is 0.315. The van der Waals surface area contributed by atoms with E-state index in [2.05, 4.69) is 20.5 Å². The van der Waals surface area contributed by atoms with E-state index in [1.807, 2.05) is 25.4 Å². The van der Waals surface area contributed by atoms with E-state index >= 15 is 0 Å². The number of rotatable bonds is 5. The summed E-state index contributed by atoms with van der Waals surface area (Å²) in [6, 6.07) is 3.74. The van der Waals surface area contributed by atoms with Crippen LogP contribution in [0.25, 0.3) is 16.6 Å². The molecule has 1 saturated carbocycles. The normalized spacial score (nSPS) is 13.9. The largest absolute Gasteiger partial charge is 0.491 e. The van der Waals surface area contributed by atoms with Crippen molar-refractivity contribution in [3.8, 4) is 5.75 Å². The van der Waals surface area contributed by atoms with Crippen LogP contribution >= 0.6 is 11.6 Å². The van der Waals surface area contributed by atoms with Crippen LogP contribution in [0.15, 0.2) is 36.9 Å². The van der Waals surface area contributed by atoms with Crippen molar-refractivity contribution in [2.24, 2.45) is 13.0 Å². The van der Waals surface area contributed by atoms with Gasteiger partial charge in [-0.3, -0.25) is 9.48 Å². The topological polar surface area (TPSA) is 86.3 Å². The SMILES string of the molecule is Cn1cc2cc(NC(=O)c3cnn4cc(Cl)cnc34)c(OCC3CC3)cc2n1. The molecule has 1 aliphatic carbocycles. The van der Waals surface area contributed by atoms with Gasteiger partial charge >= 0.3 is 0 Å². The average Bonchev–Trinajstić information content (AvgIpc) is 3.28. The van der Waals surface area contributed by atoms with Crippen molar-refractivity contribution < 1.29 is 9.53 Å². The molecule has 0 radical (unpaired) electrons. The zero-order valence-electron chi connectivity index (χ0n) is 15.1. The Balaban J connectivity index is 1.49. The number of aryl methyl sites for hydroxylation is 1. The van der Waals surface area contributed by atoms with E-state index in [1.165, 1.54) is 29.8 Å². The second-order valence-corrected chi connectivity index (χ2v) is 7.45. The van der Waals surface area contributed by atoms with Crippen LogP contribution in [-0.2, 0) is 7.05 Å². The lowest BCUT2D eigenvalue weighted by atomic mass is 10.2. The lowest BCUT2D eigenvalue weighted by molar-refractivity contribution is 0.102. The van der Waals surface area contributed by atoms with Crippen LogP contribution in [0.4, 0.5) is 5.69 Å². The first-order chi connectivity index (χ1) is 13.6. The van der Waals surface area contributed by atoms with E-state index in [1.54, 1.807) is 10.9 Å². The third-order valence-corrected chi connectivity index (χ3v) is 4.90. The summed E-state index contributed by atoms with van der Waals surface area (Å²) in [5, 5.41) is 12.9. The van der Waals surface area contributed by atoms with Crippen LogP contribution < -0.4 is 10.1 Å². The number of ether oxygens (including phenoxy) is 1. The van der Waals surface area contributed by atoms with Crippen LogP contribution in [0.1, 0.15) is 23.2 Å². The Morgan fingerprint density at radius 2 is 2.18 bits per heavy atom. The number of nitrogens with zero attached hydrogens (tertiary/aromatic N) is 5. The summed E-state index contributed by atoms with van der Waals surface area (Å²) in [7, 11) is 1.86. The lowest BCUT2D eigenvalue weighted by Gasteiger charge is -2.12. The van der Waals surface area contributed by atoms with E-state index in [0.29, 0.717) is 40.2 Å². The number of anilines is 1. The molecule has 1 aliphatic rings. The molecule has 28 heavy (non-hydrogen) atoms. The van der Waals surface area contributed by atoms with Gasteiger partial charge < -0.3 is 10.1 Å². The van der Waals surface area contributed by atoms with Gasteiger partial charge in [0.2, 0.25) is 0 Å². The summed E-state index contributed by atoms with van der Waals surface area (Å²) in [5.74, 6) is 0.889. The number of hydrogen-bond donors (Lipinski definition) is 1. The maximum atomic E-state index is 12.9. The van der Waals surface area contributed by atoms with Crippen molar-refractivity contribution >= 4 is 39.7 Å². The highest BCUT2D eigenvalue weighted by Gasteiger charge is 2.23. The molecule has 0 saturated heterocycles. The number of benzene rings is 1. The van der Waals surface area contributed by atoms with Crippen LogP contribution in [0.3, 0.4) is 0 Å². The number of halogens is 1. The molecule has 1 amide bonds. The summed E-state index contributed by atoms with van der Waals surface area (Å²) >= 11 is 5.93.